The molecule has 2 unspecified atom stereocenters. The van der Waals surface area contributed by atoms with Gasteiger partial charge in [0.25, 0.3) is 0 Å². The van der Waals surface area contributed by atoms with Crippen molar-refractivity contribution >= 4 is 17.9 Å². The molecule has 0 radical (unpaired) electrons. The molecule has 17 heavy (non-hydrogen) atoms. The average Bonchev–Trinajstić information content (AvgIpc) is 2.36. The number of alkyl halides is 1. The van der Waals surface area contributed by atoms with Crippen molar-refractivity contribution in [2.24, 2.45) is 0 Å². The van der Waals surface area contributed by atoms with E-state index in [1.54, 1.807) is 0 Å². The highest BCUT2D eigenvalue weighted by atomic mass is 35.5. The molecule has 0 heterocycles. The fraction of sp³-hybridized carbons (Fsp3) is 0.364. The van der Waals surface area contributed by atoms with E-state index in [1.165, 1.54) is 13.2 Å². The van der Waals surface area contributed by atoms with Crippen molar-refractivity contribution in [3.63, 3.8) is 0 Å². The van der Waals surface area contributed by atoms with Crippen LogP contribution in [-0.4, -0.2) is 40.7 Å². The lowest BCUT2D eigenvalue weighted by Gasteiger charge is -2.18. The van der Waals surface area contributed by atoms with Gasteiger partial charge in [-0.05, 0) is 17.7 Å². The Bertz CT molecular complexity index is 407. The molecule has 1 aromatic rings. The van der Waals surface area contributed by atoms with Crippen LogP contribution in [0.2, 0.25) is 0 Å². The third-order valence-electron chi connectivity index (χ3n) is 2.35. The van der Waals surface area contributed by atoms with Gasteiger partial charge < -0.3 is 20.1 Å². The number of benzene rings is 1. The van der Waals surface area contributed by atoms with Gasteiger partial charge in [0.1, 0.15) is 6.10 Å². The van der Waals surface area contributed by atoms with E-state index in [0.29, 0.717) is 6.29 Å². The largest absolute Gasteiger partial charge is 0.504 e. The van der Waals surface area contributed by atoms with Gasteiger partial charge in [-0.2, -0.15) is 0 Å². The van der Waals surface area contributed by atoms with Gasteiger partial charge >= 0.3 is 0 Å². The highest BCUT2D eigenvalue weighted by molar-refractivity contribution is 6.18. The second kappa shape index (κ2) is 5.86. The maximum atomic E-state index is 10.8. The van der Waals surface area contributed by atoms with Crippen molar-refractivity contribution in [2.75, 3.05) is 13.0 Å². The zero-order valence-electron chi connectivity index (χ0n) is 9.13. The first-order valence-corrected chi connectivity index (χ1v) is 5.36. The molecule has 5 nitrogen and oxygen atoms in total. The smallest absolute Gasteiger partial charge is 0.160 e. The van der Waals surface area contributed by atoms with E-state index in [2.05, 4.69) is 0 Å². The second-order valence-corrected chi connectivity index (χ2v) is 3.75. The molecule has 2 atom stereocenters. The Morgan fingerprint density at radius 3 is 2.59 bits per heavy atom. The van der Waals surface area contributed by atoms with Gasteiger partial charge in [0.15, 0.2) is 17.8 Å². The molecule has 0 amide bonds. The first-order chi connectivity index (χ1) is 8.04. The van der Waals surface area contributed by atoms with E-state index in [1.807, 2.05) is 0 Å². The lowest BCUT2D eigenvalue weighted by atomic mass is 9.99. The minimum atomic E-state index is -1.32. The summed E-state index contributed by atoms with van der Waals surface area (Å²) in [5, 5.41) is 28.7. The van der Waals surface area contributed by atoms with Crippen molar-refractivity contribution in [2.45, 2.75) is 12.2 Å². The number of aromatic hydroxyl groups is 1. The number of halogens is 1. The number of aldehydes is 1. The fourth-order valence-corrected chi connectivity index (χ4v) is 1.58. The molecular weight excluding hydrogens is 248 g/mol. The molecule has 0 saturated heterocycles. The first-order valence-electron chi connectivity index (χ1n) is 4.83. The van der Waals surface area contributed by atoms with E-state index in [4.69, 9.17) is 16.3 Å². The van der Waals surface area contributed by atoms with E-state index in [9.17, 15) is 20.1 Å². The molecule has 0 saturated carbocycles. The summed E-state index contributed by atoms with van der Waals surface area (Å²) in [6.45, 7) is 0. The van der Waals surface area contributed by atoms with Crippen LogP contribution >= 0.6 is 11.6 Å². The maximum Gasteiger partial charge on any atom is 0.160 e. The van der Waals surface area contributed by atoms with Crippen LogP contribution in [0.5, 0.6) is 11.5 Å². The molecule has 0 aliphatic rings. The number of aliphatic hydroxyl groups excluding tert-OH is 2. The van der Waals surface area contributed by atoms with E-state index in [0.717, 1.165) is 6.07 Å². The number of aliphatic hydroxyl groups is 2. The summed E-state index contributed by atoms with van der Waals surface area (Å²) in [7, 11) is 1.34. The van der Waals surface area contributed by atoms with Crippen LogP contribution in [0.1, 0.15) is 22.0 Å². The molecule has 0 aliphatic heterocycles. The lowest BCUT2D eigenvalue weighted by molar-refractivity contribution is 0.0321. The molecule has 0 aromatic heterocycles. The Morgan fingerprint density at radius 1 is 1.47 bits per heavy atom. The Balaban J connectivity index is 3.25. The van der Waals surface area contributed by atoms with Gasteiger partial charge in [-0.15, -0.1) is 11.6 Å². The Kier molecular flexibility index (Phi) is 4.74. The summed E-state index contributed by atoms with van der Waals surface area (Å²) in [5.41, 5.74) is 0.225. The third-order valence-corrected chi connectivity index (χ3v) is 2.67. The minimum Gasteiger partial charge on any atom is -0.504 e. The van der Waals surface area contributed by atoms with Gasteiger partial charge in [0.2, 0.25) is 0 Å². The molecule has 0 aliphatic carbocycles. The van der Waals surface area contributed by atoms with Crippen molar-refractivity contribution in [3.05, 3.63) is 23.3 Å². The number of hydrogen-bond acceptors (Lipinski definition) is 5. The van der Waals surface area contributed by atoms with E-state index in [-0.39, 0.29) is 28.5 Å². The predicted octanol–water partition coefficient (Wildman–Crippen LogP) is 0.846. The number of hydrogen-bond donors (Lipinski definition) is 3. The third kappa shape index (κ3) is 2.88. The van der Waals surface area contributed by atoms with Crippen LogP contribution < -0.4 is 4.74 Å². The highest BCUT2D eigenvalue weighted by Gasteiger charge is 2.22. The lowest BCUT2D eigenvalue weighted by Crippen LogP contribution is -2.21. The quantitative estimate of drug-likeness (QED) is 0.540. The standard InChI is InChI=1S/C11H13ClO5/c1-17-10-3-7(11(16)9(15)4-12)6(5-13)2-8(10)14/h2-3,5,9,11,14-16H,4H2,1H3. The Labute approximate surface area is 103 Å². The Morgan fingerprint density at radius 2 is 2.12 bits per heavy atom. The zero-order valence-corrected chi connectivity index (χ0v) is 9.89. The van der Waals surface area contributed by atoms with Gasteiger partial charge in [-0.1, -0.05) is 0 Å². The predicted molar refractivity (Wildman–Crippen MR) is 61.7 cm³/mol. The normalized spacial score (nSPS) is 14.1. The highest BCUT2D eigenvalue weighted by Crippen LogP contribution is 2.32. The van der Waals surface area contributed by atoms with Crippen molar-refractivity contribution in [1.82, 2.24) is 0 Å². The van der Waals surface area contributed by atoms with Crippen molar-refractivity contribution in [1.29, 1.82) is 0 Å². The molecule has 3 N–H and O–H groups in total. The van der Waals surface area contributed by atoms with Crippen LogP contribution in [0.25, 0.3) is 0 Å². The summed E-state index contributed by atoms with van der Waals surface area (Å²) in [6, 6.07) is 2.45. The summed E-state index contributed by atoms with van der Waals surface area (Å²) < 4.78 is 4.86. The maximum absolute atomic E-state index is 10.8. The zero-order chi connectivity index (χ0) is 13.0. The number of rotatable bonds is 5. The Hall–Kier alpha value is -1.30. The number of phenols is 1. The monoisotopic (exact) mass is 260 g/mol. The minimum absolute atomic E-state index is 0.0694. The molecule has 1 rings (SSSR count). The van der Waals surface area contributed by atoms with Crippen LogP contribution in [0.4, 0.5) is 0 Å². The van der Waals surface area contributed by atoms with Gasteiger partial charge in [0.05, 0.1) is 19.1 Å². The molecular formula is C11H13ClO5. The van der Waals surface area contributed by atoms with Gasteiger partial charge in [-0.25, -0.2) is 0 Å². The molecule has 1 aromatic carbocycles. The number of carbonyl (C=O) groups is 1. The second-order valence-electron chi connectivity index (χ2n) is 3.44. The van der Waals surface area contributed by atoms with Gasteiger partial charge in [-0.3, -0.25) is 4.79 Å². The number of methoxy groups -OCH3 is 1. The van der Waals surface area contributed by atoms with E-state index >= 15 is 0 Å². The van der Waals surface area contributed by atoms with E-state index < -0.39 is 12.2 Å². The number of carbonyl (C=O) groups excluding carboxylic acids is 1. The molecule has 0 fully saturated rings. The summed E-state index contributed by atoms with van der Waals surface area (Å²) in [6.07, 6.45) is -2.05. The fourth-order valence-electron chi connectivity index (χ4n) is 1.41. The summed E-state index contributed by atoms with van der Waals surface area (Å²) in [4.78, 5) is 10.8. The number of phenolic OH excluding ortho intramolecular Hbond substituents is 1. The number of ether oxygens (including phenoxy) is 1. The van der Waals surface area contributed by atoms with Crippen molar-refractivity contribution < 1.29 is 24.9 Å². The summed E-state index contributed by atoms with van der Waals surface area (Å²) >= 11 is 5.42. The molecule has 0 spiro atoms. The molecule has 0 bridgehead atoms. The van der Waals surface area contributed by atoms with Crippen LogP contribution in [0, 0.1) is 0 Å². The topological polar surface area (TPSA) is 87.0 Å². The van der Waals surface area contributed by atoms with Gasteiger partial charge in [0, 0.05) is 5.56 Å². The van der Waals surface area contributed by atoms with Crippen LogP contribution in [-0.2, 0) is 0 Å². The molecule has 94 valence electrons. The SMILES string of the molecule is COc1cc(C(O)C(O)CCl)c(C=O)cc1O. The first kappa shape index (κ1) is 13.8. The van der Waals surface area contributed by atoms with Crippen LogP contribution in [0.15, 0.2) is 12.1 Å². The van der Waals surface area contributed by atoms with Crippen molar-refractivity contribution in [3.8, 4) is 11.5 Å². The molecule has 6 heteroatoms. The van der Waals surface area contributed by atoms with Crippen LogP contribution in [0.3, 0.4) is 0 Å². The summed E-state index contributed by atoms with van der Waals surface area (Å²) in [5.74, 6) is -0.291. The average molecular weight is 261 g/mol.